The molecule has 1 fully saturated rings. The smallest absolute Gasteiger partial charge is 0.431 e. The zero-order valence-electron chi connectivity index (χ0n) is 19.2. The van der Waals surface area contributed by atoms with Gasteiger partial charge in [-0.1, -0.05) is 6.07 Å². The molecule has 1 aromatic heterocycles. The Balaban J connectivity index is 1.11. The van der Waals surface area contributed by atoms with E-state index < -0.39 is 20.9 Å². The molecule has 0 spiro atoms. The summed E-state index contributed by atoms with van der Waals surface area (Å²) in [5, 5.41) is 21.4. The first-order valence-electron chi connectivity index (χ1n) is 11.5. The SMILES string of the molecule is O=C(Oc1ccc([N+](=O)[O-])cc1)OC1CCC(c2cc(Nc3ccc4c(c3)CS(=O)(=O)C4)[nH]n2)CC1. The molecule has 0 amide bonds. The van der Waals surface area contributed by atoms with Gasteiger partial charge in [-0.2, -0.15) is 5.10 Å². The summed E-state index contributed by atoms with van der Waals surface area (Å²) < 4.78 is 34.2. The van der Waals surface area contributed by atoms with Gasteiger partial charge in [0, 0.05) is 29.8 Å². The monoisotopic (exact) mass is 512 g/mol. The van der Waals surface area contributed by atoms with E-state index in [9.17, 15) is 23.3 Å². The van der Waals surface area contributed by atoms with E-state index in [1.807, 2.05) is 24.3 Å². The molecule has 0 unspecified atom stereocenters. The zero-order chi connectivity index (χ0) is 25.3. The molecular formula is C24H24N4O7S. The summed E-state index contributed by atoms with van der Waals surface area (Å²) in [4.78, 5) is 22.3. The van der Waals surface area contributed by atoms with Gasteiger partial charge in [0.2, 0.25) is 0 Å². The van der Waals surface area contributed by atoms with Crippen molar-refractivity contribution in [1.29, 1.82) is 0 Å². The van der Waals surface area contributed by atoms with E-state index in [4.69, 9.17) is 9.47 Å². The number of sulfone groups is 1. The molecule has 1 saturated carbocycles. The molecule has 2 aliphatic rings. The van der Waals surface area contributed by atoms with Crippen LogP contribution in [0.5, 0.6) is 5.75 Å². The standard InChI is InChI=1S/C24H24N4O7S/c29-24(35-21-9-5-19(6-10-21)28(30)31)34-20-7-2-15(3-8-20)22-12-23(27-26-22)25-18-4-1-16-13-36(32,33)14-17(16)11-18/h1,4-6,9-12,15,20H,2-3,7-8,13-14H2,(H2,25,26,27). The number of hydrogen-bond donors (Lipinski definition) is 2. The predicted octanol–water partition coefficient (Wildman–Crippen LogP) is 4.73. The highest BCUT2D eigenvalue weighted by atomic mass is 32.2. The minimum Gasteiger partial charge on any atom is -0.431 e. The van der Waals surface area contributed by atoms with Crippen molar-refractivity contribution in [1.82, 2.24) is 10.2 Å². The molecular weight excluding hydrogens is 488 g/mol. The Labute approximate surface area is 206 Å². The summed E-state index contributed by atoms with van der Waals surface area (Å²) in [6, 6.07) is 12.7. The highest BCUT2D eigenvalue weighted by Crippen LogP contribution is 2.35. The van der Waals surface area contributed by atoms with Gasteiger partial charge in [0.1, 0.15) is 17.7 Å². The molecule has 1 aliphatic carbocycles. The summed E-state index contributed by atoms with van der Waals surface area (Å²) >= 11 is 0. The number of ether oxygens (including phenoxy) is 2. The Bertz CT molecular complexity index is 1390. The second-order valence-corrected chi connectivity index (χ2v) is 11.1. The molecule has 188 valence electrons. The Kier molecular flexibility index (Phi) is 6.35. The molecule has 0 bridgehead atoms. The van der Waals surface area contributed by atoms with Crippen LogP contribution < -0.4 is 10.1 Å². The highest BCUT2D eigenvalue weighted by Gasteiger charge is 2.28. The zero-order valence-corrected chi connectivity index (χ0v) is 20.0. The van der Waals surface area contributed by atoms with Crippen LogP contribution in [0.15, 0.2) is 48.5 Å². The summed E-state index contributed by atoms with van der Waals surface area (Å²) in [5.41, 5.74) is 3.29. The maximum absolute atomic E-state index is 12.1. The van der Waals surface area contributed by atoms with Crippen LogP contribution in [0.1, 0.15) is 48.4 Å². The number of nitrogens with one attached hydrogen (secondary N) is 2. The average Bonchev–Trinajstić information content (AvgIpc) is 3.42. The van der Waals surface area contributed by atoms with Crippen LogP contribution in [0.25, 0.3) is 0 Å². The van der Waals surface area contributed by atoms with E-state index >= 15 is 0 Å². The number of aromatic amines is 1. The normalized spacial score (nSPS) is 20.3. The van der Waals surface area contributed by atoms with E-state index in [0.29, 0.717) is 12.8 Å². The summed E-state index contributed by atoms with van der Waals surface area (Å²) in [5.74, 6) is 1.28. The van der Waals surface area contributed by atoms with E-state index in [1.165, 1.54) is 24.3 Å². The average molecular weight is 513 g/mol. The van der Waals surface area contributed by atoms with Crippen molar-refractivity contribution >= 4 is 33.2 Å². The molecule has 2 aromatic carbocycles. The lowest BCUT2D eigenvalue weighted by molar-refractivity contribution is -0.384. The van der Waals surface area contributed by atoms with Crippen molar-refractivity contribution in [3.8, 4) is 5.75 Å². The van der Waals surface area contributed by atoms with Crippen LogP contribution in [0, 0.1) is 10.1 Å². The van der Waals surface area contributed by atoms with Crippen LogP contribution in [0.4, 0.5) is 22.0 Å². The first kappa shape index (κ1) is 23.8. The minimum absolute atomic E-state index is 0.0683. The number of carbonyl (C=O) groups excluding carboxylic acids is 1. The summed E-state index contributed by atoms with van der Waals surface area (Å²) in [6.07, 6.45) is 1.79. The van der Waals surface area contributed by atoms with Crippen LogP contribution in [0.2, 0.25) is 0 Å². The Morgan fingerprint density at radius 2 is 1.75 bits per heavy atom. The maximum Gasteiger partial charge on any atom is 0.514 e. The topological polar surface area (TPSA) is 154 Å². The summed E-state index contributed by atoms with van der Waals surface area (Å²) in [6.45, 7) is 0. The Morgan fingerprint density at radius 1 is 1.03 bits per heavy atom. The third-order valence-corrected chi connectivity index (χ3v) is 7.94. The fraction of sp³-hybridized carbons (Fsp3) is 0.333. The summed E-state index contributed by atoms with van der Waals surface area (Å²) in [7, 11) is -3.05. The van der Waals surface area contributed by atoms with Crippen molar-refractivity contribution in [3.63, 3.8) is 0 Å². The number of nitro benzene ring substituents is 1. The molecule has 11 nitrogen and oxygen atoms in total. The molecule has 0 saturated heterocycles. The molecule has 1 aliphatic heterocycles. The third kappa shape index (κ3) is 5.48. The maximum atomic E-state index is 12.1. The molecule has 0 radical (unpaired) electrons. The number of rotatable bonds is 6. The van der Waals surface area contributed by atoms with Crippen LogP contribution in [-0.4, -0.2) is 35.8 Å². The van der Waals surface area contributed by atoms with Gasteiger partial charge >= 0.3 is 6.16 Å². The molecule has 12 heteroatoms. The first-order valence-corrected chi connectivity index (χ1v) is 13.3. The van der Waals surface area contributed by atoms with Gasteiger partial charge in [0.15, 0.2) is 9.84 Å². The number of hydrogen-bond acceptors (Lipinski definition) is 9. The van der Waals surface area contributed by atoms with Gasteiger partial charge in [0.05, 0.1) is 22.1 Å². The molecule has 3 aromatic rings. The van der Waals surface area contributed by atoms with Crippen molar-refractivity contribution in [2.45, 2.75) is 49.2 Å². The molecule has 36 heavy (non-hydrogen) atoms. The van der Waals surface area contributed by atoms with E-state index in [-0.39, 0.29) is 35.0 Å². The number of benzene rings is 2. The minimum atomic E-state index is -3.05. The van der Waals surface area contributed by atoms with Gasteiger partial charge in [-0.15, -0.1) is 0 Å². The van der Waals surface area contributed by atoms with Gasteiger partial charge in [-0.3, -0.25) is 15.2 Å². The lowest BCUT2D eigenvalue weighted by atomic mass is 9.85. The highest BCUT2D eigenvalue weighted by molar-refractivity contribution is 7.90. The predicted molar refractivity (Wildman–Crippen MR) is 130 cm³/mol. The van der Waals surface area contributed by atoms with E-state index in [2.05, 4.69) is 15.5 Å². The number of fused-ring (bicyclic) bond motifs is 1. The van der Waals surface area contributed by atoms with E-state index in [1.54, 1.807) is 0 Å². The lowest BCUT2D eigenvalue weighted by Crippen LogP contribution is -2.25. The van der Waals surface area contributed by atoms with Gasteiger partial charge in [0.25, 0.3) is 5.69 Å². The van der Waals surface area contributed by atoms with Gasteiger partial charge in [-0.25, -0.2) is 13.2 Å². The van der Waals surface area contributed by atoms with Crippen LogP contribution in [-0.2, 0) is 26.1 Å². The van der Waals surface area contributed by atoms with Crippen molar-refractivity contribution < 1.29 is 27.6 Å². The fourth-order valence-electron chi connectivity index (χ4n) is 4.64. The number of anilines is 2. The number of aromatic nitrogens is 2. The number of carbonyl (C=O) groups is 1. The van der Waals surface area contributed by atoms with Crippen LogP contribution in [0.3, 0.4) is 0 Å². The third-order valence-electron chi connectivity index (χ3n) is 6.44. The van der Waals surface area contributed by atoms with Crippen molar-refractivity contribution in [2.75, 3.05) is 5.32 Å². The molecule has 2 N–H and O–H groups in total. The number of H-pyrrole nitrogens is 1. The fourth-order valence-corrected chi connectivity index (χ4v) is 6.24. The van der Waals surface area contributed by atoms with Crippen molar-refractivity contribution in [2.24, 2.45) is 0 Å². The Hall–Kier alpha value is -3.93. The van der Waals surface area contributed by atoms with Crippen molar-refractivity contribution in [3.05, 3.63) is 75.5 Å². The van der Waals surface area contributed by atoms with Crippen LogP contribution >= 0.6 is 0 Å². The molecule has 2 heterocycles. The quantitative estimate of drug-likeness (QED) is 0.206. The number of nitrogens with zero attached hydrogens (tertiary/aromatic N) is 2. The van der Waals surface area contributed by atoms with Gasteiger partial charge in [-0.05, 0) is 61.1 Å². The van der Waals surface area contributed by atoms with Gasteiger partial charge < -0.3 is 14.8 Å². The number of non-ortho nitro benzene ring substituents is 1. The van der Waals surface area contributed by atoms with E-state index in [0.717, 1.165) is 41.2 Å². The first-order chi connectivity index (χ1) is 17.2. The second kappa shape index (κ2) is 9.61. The largest absolute Gasteiger partial charge is 0.514 e. The molecule has 0 atom stereocenters. The molecule has 5 rings (SSSR count). The Morgan fingerprint density at radius 3 is 2.47 bits per heavy atom. The number of nitro groups is 1. The second-order valence-electron chi connectivity index (χ2n) is 9.04. The lowest BCUT2D eigenvalue weighted by Gasteiger charge is -2.26.